The van der Waals surface area contributed by atoms with Crippen LogP contribution in [0.15, 0.2) is 0 Å². The Balaban J connectivity index is 3.50. The third kappa shape index (κ3) is 10.7. The van der Waals surface area contributed by atoms with Crippen LogP contribution in [0.25, 0.3) is 0 Å². The number of hydrogen-bond donors (Lipinski definition) is 2. The molecular formula is C15H35NO5Si. The maximum absolute atomic E-state index is 9.80. The van der Waals surface area contributed by atoms with Gasteiger partial charge in [0.15, 0.2) is 0 Å². The quantitative estimate of drug-likeness (QED) is 0.331. The molecule has 0 unspecified atom stereocenters. The first-order valence-corrected chi connectivity index (χ1v) is 10.2. The summed E-state index contributed by atoms with van der Waals surface area (Å²) < 4.78 is 21.5. The van der Waals surface area contributed by atoms with E-state index in [9.17, 15) is 5.11 Å². The molecule has 0 saturated carbocycles. The molecule has 0 aliphatic heterocycles. The third-order valence-electron chi connectivity index (χ3n) is 3.60. The highest BCUT2D eigenvalue weighted by molar-refractivity contribution is 6.60. The van der Waals surface area contributed by atoms with Crippen molar-refractivity contribution in [2.75, 3.05) is 47.6 Å². The fourth-order valence-electron chi connectivity index (χ4n) is 2.17. The largest absolute Gasteiger partial charge is 0.500 e. The van der Waals surface area contributed by atoms with E-state index in [4.69, 9.17) is 18.0 Å². The Hall–Kier alpha value is -0.0231. The standard InChI is InChI=1S/C15H35NO5Si/c1-5-6-7-8-10-16-13-15(17)14-21-11-9-12-22(18-2,19-3)20-4/h15-17H,5-14H2,1-4H3/t15-/m0/s1. The van der Waals surface area contributed by atoms with E-state index >= 15 is 0 Å². The molecule has 0 aliphatic carbocycles. The molecule has 0 aliphatic rings. The van der Waals surface area contributed by atoms with Crippen molar-refractivity contribution in [3.05, 3.63) is 0 Å². The van der Waals surface area contributed by atoms with Gasteiger partial charge in [0.05, 0.1) is 12.7 Å². The summed E-state index contributed by atoms with van der Waals surface area (Å²) in [5.41, 5.74) is 0. The molecule has 6 nitrogen and oxygen atoms in total. The lowest BCUT2D eigenvalue weighted by molar-refractivity contribution is 0.0352. The van der Waals surface area contributed by atoms with E-state index in [1.54, 1.807) is 21.3 Å². The number of rotatable bonds is 16. The van der Waals surface area contributed by atoms with Gasteiger partial charge in [-0.1, -0.05) is 26.2 Å². The van der Waals surface area contributed by atoms with E-state index in [-0.39, 0.29) is 0 Å². The van der Waals surface area contributed by atoms with Gasteiger partial charge in [-0.2, -0.15) is 0 Å². The van der Waals surface area contributed by atoms with Crippen LogP contribution in [0.5, 0.6) is 0 Å². The molecule has 7 heteroatoms. The van der Waals surface area contributed by atoms with Crippen LogP contribution >= 0.6 is 0 Å². The van der Waals surface area contributed by atoms with Crippen LogP contribution in [0.4, 0.5) is 0 Å². The van der Waals surface area contributed by atoms with Gasteiger partial charge in [0.2, 0.25) is 0 Å². The average molecular weight is 338 g/mol. The maximum Gasteiger partial charge on any atom is 0.500 e. The minimum absolute atomic E-state index is 0.351. The Morgan fingerprint density at radius 3 is 2.27 bits per heavy atom. The lowest BCUT2D eigenvalue weighted by atomic mass is 10.2. The predicted octanol–water partition coefficient (Wildman–Crippen LogP) is 1.80. The van der Waals surface area contributed by atoms with Gasteiger partial charge in [0, 0.05) is 40.5 Å². The molecule has 0 aromatic rings. The monoisotopic (exact) mass is 337 g/mol. The Kier molecular flexibility index (Phi) is 14.5. The molecule has 0 fully saturated rings. The summed E-state index contributed by atoms with van der Waals surface area (Å²) in [6, 6.07) is 0.711. The summed E-state index contributed by atoms with van der Waals surface area (Å²) in [7, 11) is 2.33. The van der Waals surface area contributed by atoms with Crippen LogP contribution in [0, 0.1) is 0 Å². The van der Waals surface area contributed by atoms with Gasteiger partial charge in [-0.05, 0) is 19.4 Å². The summed E-state index contributed by atoms with van der Waals surface area (Å²) in [6.45, 7) is 4.66. The van der Waals surface area contributed by atoms with Crippen LogP contribution in [0.2, 0.25) is 6.04 Å². The number of unbranched alkanes of at least 4 members (excludes halogenated alkanes) is 3. The van der Waals surface area contributed by atoms with Gasteiger partial charge < -0.3 is 28.4 Å². The fraction of sp³-hybridized carbons (Fsp3) is 1.00. The second-order valence-corrected chi connectivity index (χ2v) is 8.48. The smallest absolute Gasteiger partial charge is 0.389 e. The van der Waals surface area contributed by atoms with Crippen molar-refractivity contribution in [1.82, 2.24) is 5.32 Å². The van der Waals surface area contributed by atoms with E-state index in [2.05, 4.69) is 12.2 Å². The molecule has 0 rings (SSSR count). The first kappa shape index (κ1) is 22.0. The van der Waals surface area contributed by atoms with E-state index in [0.29, 0.717) is 25.8 Å². The summed E-state index contributed by atoms with van der Waals surface area (Å²) >= 11 is 0. The second-order valence-electron chi connectivity index (χ2n) is 5.39. The summed E-state index contributed by atoms with van der Waals surface area (Å²) in [5.74, 6) is 0. The Morgan fingerprint density at radius 1 is 1.00 bits per heavy atom. The molecule has 0 radical (unpaired) electrons. The number of aliphatic hydroxyl groups excluding tert-OH is 1. The number of ether oxygens (including phenoxy) is 1. The van der Waals surface area contributed by atoms with Crippen molar-refractivity contribution >= 4 is 8.80 Å². The van der Waals surface area contributed by atoms with Crippen molar-refractivity contribution < 1.29 is 23.1 Å². The van der Waals surface area contributed by atoms with Gasteiger partial charge in [-0.25, -0.2) is 0 Å². The Morgan fingerprint density at radius 2 is 1.68 bits per heavy atom. The second kappa shape index (κ2) is 14.6. The lowest BCUT2D eigenvalue weighted by Gasteiger charge is -2.24. The summed E-state index contributed by atoms with van der Waals surface area (Å²) in [6.07, 6.45) is 5.27. The Bertz CT molecular complexity index is 234. The van der Waals surface area contributed by atoms with Crippen molar-refractivity contribution in [1.29, 1.82) is 0 Å². The van der Waals surface area contributed by atoms with Crippen molar-refractivity contribution in [2.45, 2.75) is 51.2 Å². The molecule has 0 amide bonds. The van der Waals surface area contributed by atoms with Crippen molar-refractivity contribution in [2.24, 2.45) is 0 Å². The van der Waals surface area contributed by atoms with Gasteiger partial charge >= 0.3 is 8.80 Å². The molecule has 0 bridgehead atoms. The third-order valence-corrected chi connectivity index (χ3v) is 6.43. The molecule has 0 aromatic heterocycles. The summed E-state index contributed by atoms with van der Waals surface area (Å²) in [4.78, 5) is 0. The first-order chi connectivity index (χ1) is 10.6. The number of nitrogens with one attached hydrogen (secondary N) is 1. The van der Waals surface area contributed by atoms with Crippen LogP contribution in [0.1, 0.15) is 39.0 Å². The van der Waals surface area contributed by atoms with E-state index < -0.39 is 14.9 Å². The molecule has 1 atom stereocenters. The highest BCUT2D eigenvalue weighted by Crippen LogP contribution is 2.14. The topological polar surface area (TPSA) is 69.2 Å². The normalized spacial score (nSPS) is 13.5. The average Bonchev–Trinajstić information content (AvgIpc) is 2.55. The molecule has 2 N–H and O–H groups in total. The van der Waals surface area contributed by atoms with Gasteiger partial charge in [0.1, 0.15) is 0 Å². The molecular weight excluding hydrogens is 302 g/mol. The molecule has 0 heterocycles. The molecule has 134 valence electrons. The zero-order chi connectivity index (χ0) is 16.7. The van der Waals surface area contributed by atoms with Gasteiger partial charge in [-0.3, -0.25) is 0 Å². The van der Waals surface area contributed by atoms with Crippen molar-refractivity contribution in [3.63, 3.8) is 0 Å². The van der Waals surface area contributed by atoms with Crippen LogP contribution < -0.4 is 5.32 Å². The highest BCUT2D eigenvalue weighted by atomic mass is 28.4. The van der Waals surface area contributed by atoms with Gasteiger partial charge in [0.25, 0.3) is 0 Å². The van der Waals surface area contributed by atoms with E-state index in [1.807, 2.05) is 0 Å². The number of aliphatic hydroxyl groups is 1. The fourth-order valence-corrected chi connectivity index (χ4v) is 3.86. The SMILES string of the molecule is CCCCCCNC[C@H](O)COCCC[Si](OC)(OC)OC. The van der Waals surface area contributed by atoms with Crippen LogP contribution in [-0.4, -0.2) is 67.6 Å². The predicted molar refractivity (Wildman–Crippen MR) is 90.0 cm³/mol. The zero-order valence-corrected chi connectivity index (χ0v) is 15.7. The van der Waals surface area contributed by atoms with Crippen LogP contribution in [-0.2, 0) is 18.0 Å². The van der Waals surface area contributed by atoms with Gasteiger partial charge in [-0.15, -0.1) is 0 Å². The first-order valence-electron chi connectivity index (χ1n) is 8.26. The van der Waals surface area contributed by atoms with E-state index in [1.165, 1.54) is 25.7 Å². The zero-order valence-electron chi connectivity index (χ0n) is 14.7. The molecule has 0 spiro atoms. The molecule has 0 aromatic carbocycles. The lowest BCUT2D eigenvalue weighted by Crippen LogP contribution is -2.42. The minimum atomic E-state index is -2.49. The maximum atomic E-state index is 9.80. The Labute approximate surface area is 136 Å². The molecule has 22 heavy (non-hydrogen) atoms. The van der Waals surface area contributed by atoms with E-state index in [0.717, 1.165) is 13.0 Å². The summed E-state index contributed by atoms with van der Waals surface area (Å²) in [5, 5.41) is 13.1. The van der Waals surface area contributed by atoms with Crippen LogP contribution in [0.3, 0.4) is 0 Å². The highest BCUT2D eigenvalue weighted by Gasteiger charge is 2.36. The number of hydrogen-bond acceptors (Lipinski definition) is 6. The molecule has 0 saturated heterocycles. The minimum Gasteiger partial charge on any atom is -0.389 e. The van der Waals surface area contributed by atoms with Crippen molar-refractivity contribution in [3.8, 4) is 0 Å².